The molecule has 0 atom stereocenters. The highest BCUT2D eigenvalue weighted by Crippen LogP contribution is 2.19. The number of hydrogen-bond donors (Lipinski definition) is 3. The molecule has 0 aliphatic rings. The number of nitrogens with zero attached hydrogens (tertiary/aromatic N) is 1. The van der Waals surface area contributed by atoms with Crippen LogP contribution in [0, 0.1) is 0 Å². The molecule has 2 aromatic rings. The second kappa shape index (κ2) is 4.09. The molecular weight excluding hydrogens is 224 g/mol. The Bertz CT molecular complexity index is 526. The third-order valence-corrected chi connectivity index (χ3v) is 2.12. The van der Waals surface area contributed by atoms with Crippen molar-refractivity contribution in [3.63, 3.8) is 0 Å². The van der Waals surface area contributed by atoms with Gasteiger partial charge in [-0.25, -0.2) is 4.79 Å². The van der Waals surface area contributed by atoms with E-state index in [-0.39, 0.29) is 17.3 Å². The lowest BCUT2D eigenvalue weighted by Crippen LogP contribution is -2.19. The van der Waals surface area contributed by atoms with E-state index < -0.39 is 5.97 Å². The Hall–Kier alpha value is -2.63. The molecule has 1 aromatic heterocycles. The molecule has 0 aliphatic heterocycles. The first-order chi connectivity index (χ1) is 8.08. The summed E-state index contributed by atoms with van der Waals surface area (Å²) in [6.07, 6.45) is 0. The molecule has 0 aliphatic carbocycles. The van der Waals surface area contributed by atoms with Crippen LogP contribution >= 0.6 is 0 Å². The molecule has 0 spiro atoms. The Kier molecular flexibility index (Phi) is 2.61. The Balaban J connectivity index is 2.20. The summed E-state index contributed by atoms with van der Waals surface area (Å²) in [4.78, 5) is 16.4. The van der Waals surface area contributed by atoms with Gasteiger partial charge in [-0.05, 0) is 24.3 Å². The predicted octanol–water partition coefficient (Wildman–Crippen LogP) is 0.750. The monoisotopic (exact) mass is 234 g/mol. The molecule has 17 heavy (non-hydrogen) atoms. The van der Waals surface area contributed by atoms with Gasteiger partial charge in [-0.1, -0.05) is 0 Å². The van der Waals surface area contributed by atoms with E-state index in [0.717, 1.165) is 0 Å². The van der Waals surface area contributed by atoms with Gasteiger partial charge in [0, 0.05) is 17.8 Å². The van der Waals surface area contributed by atoms with Crippen LogP contribution in [0.2, 0.25) is 0 Å². The van der Waals surface area contributed by atoms with Gasteiger partial charge in [0.2, 0.25) is 11.8 Å². The summed E-state index contributed by atoms with van der Waals surface area (Å²) in [6.45, 7) is 0. The fourth-order valence-corrected chi connectivity index (χ4v) is 1.25. The minimum atomic E-state index is -0.716. The Labute approximate surface area is 96.4 Å². The first-order valence-corrected chi connectivity index (χ1v) is 4.76. The van der Waals surface area contributed by atoms with Crippen LogP contribution in [0.4, 0.5) is 5.69 Å². The van der Waals surface area contributed by atoms with E-state index in [1.807, 2.05) is 0 Å². The summed E-state index contributed by atoms with van der Waals surface area (Å²) in [5.74, 6) is -1.45. The Morgan fingerprint density at radius 2 is 1.59 bits per heavy atom. The van der Waals surface area contributed by atoms with E-state index in [0.29, 0.717) is 10.4 Å². The first-order valence-electron chi connectivity index (χ1n) is 4.76. The van der Waals surface area contributed by atoms with Crippen molar-refractivity contribution in [1.82, 2.24) is 4.73 Å². The van der Waals surface area contributed by atoms with Gasteiger partial charge < -0.3 is 20.8 Å². The van der Waals surface area contributed by atoms with Gasteiger partial charge in [-0.2, -0.15) is 0 Å². The third-order valence-electron chi connectivity index (χ3n) is 2.12. The lowest BCUT2D eigenvalue weighted by Gasteiger charge is -2.06. The summed E-state index contributed by atoms with van der Waals surface area (Å²) < 4.78 is 0.624. The lowest BCUT2D eigenvalue weighted by atomic mass is 10.2. The van der Waals surface area contributed by atoms with E-state index in [4.69, 9.17) is 10.6 Å². The first kappa shape index (κ1) is 10.9. The summed E-state index contributed by atoms with van der Waals surface area (Å²) in [5, 5.41) is 18.6. The van der Waals surface area contributed by atoms with E-state index >= 15 is 0 Å². The van der Waals surface area contributed by atoms with Crippen molar-refractivity contribution in [2.45, 2.75) is 0 Å². The fourth-order valence-electron chi connectivity index (χ4n) is 1.25. The highest BCUT2D eigenvalue weighted by Gasteiger charge is 2.13. The standard InChI is InChI=1S/C11H10N2O4/c12-8-3-1-7(2-4-8)11(16)17-13-9(14)5-6-10(13)15/h1-6,14-15H,12H2. The normalized spacial score (nSPS) is 10.1. The van der Waals surface area contributed by atoms with Crippen LogP contribution < -0.4 is 10.6 Å². The molecule has 0 saturated heterocycles. The average molecular weight is 234 g/mol. The number of aromatic hydroxyl groups is 2. The van der Waals surface area contributed by atoms with Gasteiger partial charge >= 0.3 is 5.97 Å². The van der Waals surface area contributed by atoms with Crippen molar-refractivity contribution in [2.24, 2.45) is 0 Å². The molecule has 6 heteroatoms. The van der Waals surface area contributed by atoms with Crippen molar-refractivity contribution in [2.75, 3.05) is 5.73 Å². The molecule has 88 valence electrons. The van der Waals surface area contributed by atoms with E-state index in [1.165, 1.54) is 24.3 Å². The summed E-state index contributed by atoms with van der Waals surface area (Å²) in [7, 11) is 0. The van der Waals surface area contributed by atoms with Crippen molar-refractivity contribution >= 4 is 11.7 Å². The fraction of sp³-hybridized carbons (Fsp3) is 0. The number of carbonyl (C=O) groups excluding carboxylic acids is 1. The van der Waals surface area contributed by atoms with Crippen molar-refractivity contribution < 1.29 is 19.8 Å². The molecule has 0 unspecified atom stereocenters. The van der Waals surface area contributed by atoms with Crippen LogP contribution in [-0.2, 0) is 0 Å². The number of aromatic nitrogens is 1. The average Bonchev–Trinajstić information content (AvgIpc) is 2.61. The molecule has 1 heterocycles. The molecule has 4 N–H and O–H groups in total. The lowest BCUT2D eigenvalue weighted by molar-refractivity contribution is 0.0382. The van der Waals surface area contributed by atoms with Gasteiger partial charge in [0.25, 0.3) is 0 Å². The van der Waals surface area contributed by atoms with Crippen molar-refractivity contribution in [1.29, 1.82) is 0 Å². The highest BCUT2D eigenvalue weighted by atomic mass is 16.7. The second-order valence-electron chi connectivity index (χ2n) is 3.34. The van der Waals surface area contributed by atoms with Gasteiger partial charge in [0.05, 0.1) is 5.56 Å². The smallest absolute Gasteiger partial charge is 0.363 e. The maximum atomic E-state index is 11.6. The second-order valence-corrected chi connectivity index (χ2v) is 3.34. The van der Waals surface area contributed by atoms with Crippen molar-refractivity contribution in [3.8, 4) is 11.8 Å². The topological polar surface area (TPSA) is 97.7 Å². The summed E-state index contributed by atoms with van der Waals surface area (Å²) >= 11 is 0. The molecular formula is C11H10N2O4. The minimum absolute atomic E-state index is 0.256. The van der Waals surface area contributed by atoms with Gasteiger partial charge in [-0.3, -0.25) is 0 Å². The molecule has 6 nitrogen and oxygen atoms in total. The zero-order valence-electron chi connectivity index (χ0n) is 8.70. The largest absolute Gasteiger partial charge is 0.492 e. The maximum absolute atomic E-state index is 11.6. The predicted molar refractivity (Wildman–Crippen MR) is 59.5 cm³/mol. The zero-order valence-corrected chi connectivity index (χ0v) is 8.70. The number of rotatable bonds is 2. The van der Waals surface area contributed by atoms with Crippen LogP contribution in [0.25, 0.3) is 0 Å². The third kappa shape index (κ3) is 2.15. The van der Waals surface area contributed by atoms with Crippen molar-refractivity contribution in [3.05, 3.63) is 42.0 Å². The zero-order chi connectivity index (χ0) is 12.4. The van der Waals surface area contributed by atoms with Crippen LogP contribution in [0.5, 0.6) is 11.8 Å². The van der Waals surface area contributed by atoms with E-state index in [2.05, 4.69) is 0 Å². The van der Waals surface area contributed by atoms with E-state index in [1.54, 1.807) is 12.1 Å². The number of hydrogen-bond acceptors (Lipinski definition) is 5. The Morgan fingerprint density at radius 1 is 1.06 bits per heavy atom. The SMILES string of the molecule is Nc1ccc(C(=O)On2c(O)ccc2O)cc1. The number of carbonyl (C=O) groups is 1. The number of nitrogens with two attached hydrogens (primary N) is 1. The molecule has 0 saturated carbocycles. The molecule has 0 bridgehead atoms. The highest BCUT2D eigenvalue weighted by molar-refractivity contribution is 5.90. The molecule has 0 amide bonds. The minimum Gasteiger partial charge on any atom is -0.492 e. The van der Waals surface area contributed by atoms with Gasteiger partial charge in [-0.15, -0.1) is 4.73 Å². The number of anilines is 1. The van der Waals surface area contributed by atoms with Gasteiger partial charge in [0.15, 0.2) is 0 Å². The van der Waals surface area contributed by atoms with Crippen LogP contribution in [-0.4, -0.2) is 20.9 Å². The molecule has 1 aromatic carbocycles. The molecule has 0 radical (unpaired) electrons. The summed E-state index contributed by atoms with van der Waals surface area (Å²) in [5.41, 5.74) is 6.25. The maximum Gasteiger partial charge on any atom is 0.363 e. The summed E-state index contributed by atoms with van der Waals surface area (Å²) in [6, 6.07) is 8.46. The molecule has 0 fully saturated rings. The van der Waals surface area contributed by atoms with E-state index in [9.17, 15) is 15.0 Å². The molecule has 2 rings (SSSR count). The van der Waals surface area contributed by atoms with Gasteiger partial charge in [0.1, 0.15) is 0 Å². The van der Waals surface area contributed by atoms with Crippen LogP contribution in [0.15, 0.2) is 36.4 Å². The Morgan fingerprint density at radius 3 is 2.12 bits per heavy atom. The number of benzene rings is 1. The quantitative estimate of drug-likeness (QED) is 0.666. The van der Waals surface area contributed by atoms with Crippen LogP contribution in [0.3, 0.4) is 0 Å². The van der Waals surface area contributed by atoms with Crippen LogP contribution in [0.1, 0.15) is 10.4 Å². The number of nitrogen functional groups attached to an aromatic ring is 1.